The van der Waals surface area contributed by atoms with E-state index < -0.39 is 16.8 Å². The molecule has 5 rings (SSSR count). The van der Waals surface area contributed by atoms with Gasteiger partial charge in [-0.25, -0.2) is 13.4 Å². The average Bonchev–Trinajstić information content (AvgIpc) is 3.65. The predicted molar refractivity (Wildman–Crippen MR) is 145 cm³/mol. The van der Waals surface area contributed by atoms with Crippen molar-refractivity contribution in [1.29, 1.82) is 0 Å². The van der Waals surface area contributed by atoms with Gasteiger partial charge in [-0.2, -0.15) is 0 Å². The van der Waals surface area contributed by atoms with Crippen molar-refractivity contribution in [2.75, 3.05) is 9.93 Å². The van der Waals surface area contributed by atoms with E-state index in [0.29, 0.717) is 21.7 Å². The summed E-state index contributed by atoms with van der Waals surface area (Å²) < 4.78 is 10.3. The van der Waals surface area contributed by atoms with Gasteiger partial charge in [0.2, 0.25) is 0 Å². The van der Waals surface area contributed by atoms with Crippen molar-refractivity contribution in [2.45, 2.75) is 18.9 Å². The molecule has 4 aromatic rings. The highest BCUT2D eigenvalue weighted by molar-refractivity contribution is 14.1. The molecule has 0 saturated heterocycles. The molecule has 2 heterocycles. The van der Waals surface area contributed by atoms with Gasteiger partial charge in [-0.15, -0.1) is 0 Å². The maximum absolute atomic E-state index is 13.7. The first-order valence-corrected chi connectivity index (χ1v) is 13.0. The van der Waals surface area contributed by atoms with Crippen LogP contribution in [0.2, 0.25) is 0 Å². The van der Waals surface area contributed by atoms with E-state index in [4.69, 9.17) is 16.5 Å². The molecule has 8 nitrogen and oxygen atoms in total. The molecule has 2 aromatic heterocycles. The Bertz CT molecular complexity index is 1590. The number of aromatic nitrogens is 3. The number of para-hydroxylation sites is 2. The van der Waals surface area contributed by atoms with Crippen molar-refractivity contribution in [3.63, 3.8) is 0 Å². The van der Waals surface area contributed by atoms with Gasteiger partial charge in [0.25, 0.3) is 11.1 Å². The van der Waals surface area contributed by atoms with E-state index in [9.17, 15) is 14.4 Å². The second-order valence-corrected chi connectivity index (χ2v) is 9.63. The van der Waals surface area contributed by atoms with Gasteiger partial charge in [-0.05, 0) is 71.8 Å². The van der Waals surface area contributed by atoms with Crippen molar-refractivity contribution in [1.82, 2.24) is 13.2 Å². The van der Waals surface area contributed by atoms with Crippen LogP contribution in [0.1, 0.15) is 18.9 Å². The molecule has 0 amide bonds. The van der Waals surface area contributed by atoms with Gasteiger partial charge < -0.3 is 10.1 Å². The van der Waals surface area contributed by atoms with Crippen LogP contribution in [-0.4, -0.2) is 17.8 Å². The molecule has 0 bridgehead atoms. The largest absolute Gasteiger partial charge is 0.481 e. The molecule has 11 heteroatoms. The molecule has 2 aromatic carbocycles. The number of benzene rings is 2. The van der Waals surface area contributed by atoms with Gasteiger partial charge in [-0.1, -0.05) is 28.1 Å². The first kappa shape index (κ1) is 23.2. The number of halogens is 3. The molecule has 0 spiro atoms. The summed E-state index contributed by atoms with van der Waals surface area (Å²) in [6.07, 6.45) is 1.45. The van der Waals surface area contributed by atoms with Gasteiger partial charge in [0.05, 0.1) is 11.4 Å². The molecule has 34 heavy (non-hydrogen) atoms. The minimum Gasteiger partial charge on any atom is -0.481 e. The van der Waals surface area contributed by atoms with E-state index in [0.717, 1.165) is 21.4 Å². The summed E-state index contributed by atoms with van der Waals surface area (Å²) in [5.41, 5.74) is -0.361. The van der Waals surface area contributed by atoms with Crippen LogP contribution in [0.4, 0.5) is 11.4 Å². The maximum atomic E-state index is 13.7. The van der Waals surface area contributed by atoms with Crippen molar-refractivity contribution >= 4 is 72.7 Å². The van der Waals surface area contributed by atoms with Crippen LogP contribution in [0.25, 0.3) is 16.7 Å². The Balaban J connectivity index is 1.90. The van der Waals surface area contributed by atoms with Crippen molar-refractivity contribution < 1.29 is 4.74 Å². The van der Waals surface area contributed by atoms with Gasteiger partial charge >= 0.3 is 5.69 Å². The first-order valence-electron chi connectivity index (χ1n) is 10.3. The van der Waals surface area contributed by atoms with E-state index in [1.165, 1.54) is 15.2 Å². The number of ether oxygens (including phenoxy) is 1. The smallest absolute Gasteiger partial charge is 0.337 e. The summed E-state index contributed by atoms with van der Waals surface area (Å²) >= 11 is 11.9. The highest BCUT2D eigenvalue weighted by Gasteiger charge is 2.31. The molecular formula is C23H17BrClIN4O4. The molecule has 0 unspecified atom stereocenters. The third kappa shape index (κ3) is 4.07. The Kier molecular flexibility index (Phi) is 6.30. The number of fused-ring (bicyclic) bond motifs is 1. The zero-order valence-corrected chi connectivity index (χ0v) is 22.0. The second-order valence-electron chi connectivity index (χ2n) is 7.75. The maximum Gasteiger partial charge on any atom is 0.337 e. The summed E-state index contributed by atoms with van der Waals surface area (Å²) in [4.78, 5) is 40.2. The Morgan fingerprint density at radius 3 is 2.47 bits per heavy atom. The standard InChI is InChI=1S/C23H17BrClIN4O4/c24-13-5-7-14(8-6-13)27-16-11-19(31)30(25)21-20(16)22(32)28(15-9-10-15)23(33)29(21)17-3-1-2-4-18(17)34-12-26/h1-8,11,15,27H,9-10,12H2. The van der Waals surface area contributed by atoms with Gasteiger partial charge in [0.1, 0.15) is 15.7 Å². The lowest BCUT2D eigenvalue weighted by Gasteiger charge is -2.19. The Labute approximate surface area is 220 Å². The summed E-state index contributed by atoms with van der Waals surface area (Å²) in [5, 5.41) is 3.29. The van der Waals surface area contributed by atoms with E-state index in [1.54, 1.807) is 36.4 Å². The average molecular weight is 656 g/mol. The topological polar surface area (TPSA) is 87.3 Å². The molecule has 174 valence electrons. The fourth-order valence-corrected chi connectivity index (χ4v) is 4.68. The predicted octanol–water partition coefficient (Wildman–Crippen LogP) is 4.93. The number of nitrogens with zero attached hydrogens (tertiary/aromatic N) is 3. The SMILES string of the molecule is O=c1c2c(Nc3ccc(Br)cc3)cc(=O)n(Cl)c2n(-c2ccccc2OCI)c(=O)n1C1CC1. The van der Waals surface area contributed by atoms with E-state index in [2.05, 4.69) is 43.8 Å². The molecule has 0 radical (unpaired) electrons. The number of pyridine rings is 1. The Morgan fingerprint density at radius 1 is 1.09 bits per heavy atom. The minimum atomic E-state index is -0.585. The quantitative estimate of drug-likeness (QED) is 0.235. The molecule has 1 aliphatic rings. The monoisotopic (exact) mass is 654 g/mol. The lowest BCUT2D eigenvalue weighted by atomic mass is 10.2. The van der Waals surface area contributed by atoms with E-state index in [1.807, 2.05) is 12.1 Å². The Morgan fingerprint density at radius 2 is 1.79 bits per heavy atom. The van der Waals surface area contributed by atoms with Crippen LogP contribution >= 0.6 is 50.3 Å². The molecule has 1 N–H and O–H groups in total. The number of rotatable bonds is 6. The molecule has 1 aliphatic carbocycles. The molecular weight excluding hydrogens is 639 g/mol. The van der Waals surface area contributed by atoms with Crippen LogP contribution in [0.3, 0.4) is 0 Å². The Hall–Kier alpha value is -2.57. The first-order chi connectivity index (χ1) is 16.4. The fraction of sp³-hybridized carbons (Fsp3) is 0.174. The molecule has 1 saturated carbocycles. The normalized spacial score (nSPS) is 13.3. The van der Waals surface area contributed by atoms with Crippen LogP contribution in [0, 0.1) is 0 Å². The number of anilines is 2. The third-order valence-corrected chi connectivity index (χ3v) is 6.70. The summed E-state index contributed by atoms with van der Waals surface area (Å²) in [7, 11) is 0. The number of hydrogen-bond donors (Lipinski definition) is 1. The second kappa shape index (κ2) is 9.23. The molecule has 0 aliphatic heterocycles. The summed E-state index contributed by atoms with van der Waals surface area (Å²) in [5.74, 6) is 0.427. The lowest BCUT2D eigenvalue weighted by molar-refractivity contribution is 0.402. The zero-order valence-electron chi connectivity index (χ0n) is 17.5. The van der Waals surface area contributed by atoms with Gasteiger partial charge in [-0.3, -0.25) is 14.2 Å². The van der Waals surface area contributed by atoms with Crippen LogP contribution in [0.15, 0.2) is 73.5 Å². The number of hydrogen-bond acceptors (Lipinski definition) is 5. The van der Waals surface area contributed by atoms with E-state index in [-0.39, 0.29) is 22.8 Å². The molecule has 0 atom stereocenters. The highest BCUT2D eigenvalue weighted by Crippen LogP contribution is 2.34. The van der Waals surface area contributed by atoms with Crippen molar-refractivity contribution in [2.24, 2.45) is 0 Å². The van der Waals surface area contributed by atoms with Crippen molar-refractivity contribution in [3.05, 3.63) is 90.3 Å². The lowest BCUT2D eigenvalue weighted by Crippen LogP contribution is -2.41. The van der Waals surface area contributed by atoms with Crippen LogP contribution < -0.4 is 26.9 Å². The number of nitrogens with one attached hydrogen (secondary N) is 1. The van der Waals surface area contributed by atoms with Crippen molar-refractivity contribution in [3.8, 4) is 11.4 Å². The zero-order chi connectivity index (χ0) is 24.0. The van der Waals surface area contributed by atoms with Crippen LogP contribution in [-0.2, 0) is 0 Å². The van der Waals surface area contributed by atoms with Gasteiger partial charge in [0, 0.05) is 34.0 Å². The third-order valence-electron chi connectivity index (χ3n) is 5.53. The van der Waals surface area contributed by atoms with Gasteiger partial charge in [0.15, 0.2) is 5.65 Å². The summed E-state index contributed by atoms with van der Waals surface area (Å²) in [6, 6.07) is 15.3. The summed E-state index contributed by atoms with van der Waals surface area (Å²) in [6.45, 7) is 0. The molecule has 1 fully saturated rings. The number of alkyl halides is 1. The minimum absolute atomic E-state index is 0.0230. The highest BCUT2D eigenvalue weighted by atomic mass is 127. The van der Waals surface area contributed by atoms with Crippen LogP contribution in [0.5, 0.6) is 5.75 Å². The fourth-order valence-electron chi connectivity index (χ4n) is 3.87. The van der Waals surface area contributed by atoms with E-state index >= 15 is 0 Å².